The molecule has 4 aromatic carbocycles. The third-order valence-electron chi connectivity index (χ3n) is 6.64. The number of hydrogen-bond acceptors (Lipinski definition) is 5. The van der Waals surface area contributed by atoms with E-state index in [1.165, 1.54) is 5.56 Å². The van der Waals surface area contributed by atoms with E-state index in [4.69, 9.17) is 21.7 Å². The van der Waals surface area contributed by atoms with Gasteiger partial charge in [-0.2, -0.15) is 10.2 Å². The summed E-state index contributed by atoms with van der Waals surface area (Å²) >= 11 is 8.04. The Balaban J connectivity index is 1.55. The lowest BCUT2D eigenvalue weighted by Crippen LogP contribution is -2.25. The Morgan fingerprint density at radius 3 is 2.50 bits per heavy atom. The molecule has 38 heavy (non-hydrogen) atoms. The molecule has 6 rings (SSSR count). The monoisotopic (exact) mass is 535 g/mol. The van der Waals surface area contributed by atoms with Gasteiger partial charge in [-0.05, 0) is 54.1 Å². The van der Waals surface area contributed by atoms with Crippen LogP contribution in [0.5, 0.6) is 0 Å². The van der Waals surface area contributed by atoms with Gasteiger partial charge in [0.05, 0.1) is 22.3 Å². The second-order valence-electron chi connectivity index (χ2n) is 9.38. The second kappa shape index (κ2) is 10.5. The number of rotatable bonds is 5. The van der Waals surface area contributed by atoms with Crippen molar-refractivity contribution in [3.05, 3.63) is 119 Å². The van der Waals surface area contributed by atoms with E-state index in [2.05, 4.69) is 89.8 Å². The summed E-state index contributed by atoms with van der Waals surface area (Å²) in [7, 11) is 4.10. The van der Waals surface area contributed by atoms with Crippen LogP contribution in [0.25, 0.3) is 10.9 Å². The summed E-state index contributed by atoms with van der Waals surface area (Å²) in [5.41, 5.74) is 6.94. The number of azo groups is 1. The average Bonchev–Trinajstić information content (AvgIpc) is 3.29. The first-order valence-electron chi connectivity index (χ1n) is 12.4. The number of nitrogens with one attached hydrogen (secondary N) is 1. The third-order valence-corrected chi connectivity index (χ3v) is 8.25. The van der Waals surface area contributed by atoms with Gasteiger partial charge in [-0.25, -0.2) is 4.99 Å². The fourth-order valence-corrected chi connectivity index (χ4v) is 6.14. The summed E-state index contributed by atoms with van der Waals surface area (Å²) in [5.74, 6) is 0. The lowest BCUT2D eigenvalue weighted by atomic mass is 9.96. The Morgan fingerprint density at radius 2 is 1.68 bits per heavy atom. The van der Waals surface area contributed by atoms with Gasteiger partial charge < -0.3 is 9.88 Å². The summed E-state index contributed by atoms with van der Waals surface area (Å²) in [4.78, 5) is 11.9. The van der Waals surface area contributed by atoms with Crippen LogP contribution in [-0.2, 0) is 0 Å². The van der Waals surface area contributed by atoms with Crippen LogP contribution in [0, 0.1) is 0 Å². The zero-order valence-corrected chi connectivity index (χ0v) is 22.6. The topological polar surface area (TPSA) is 56.1 Å². The smallest absolute Gasteiger partial charge is 0.130 e. The molecule has 0 aliphatic carbocycles. The molecule has 1 aromatic heterocycles. The highest BCUT2D eigenvalue weighted by Crippen LogP contribution is 2.47. The quantitative estimate of drug-likeness (QED) is 0.228. The maximum atomic E-state index is 6.26. The molecule has 0 bridgehead atoms. The zero-order chi connectivity index (χ0) is 26.1. The van der Waals surface area contributed by atoms with Crippen LogP contribution in [0.15, 0.2) is 123 Å². The molecule has 7 heteroatoms. The van der Waals surface area contributed by atoms with Crippen molar-refractivity contribution in [3.8, 4) is 0 Å². The van der Waals surface area contributed by atoms with E-state index < -0.39 is 0 Å². The van der Waals surface area contributed by atoms with Crippen LogP contribution < -0.4 is 4.90 Å². The van der Waals surface area contributed by atoms with E-state index in [0.29, 0.717) is 10.7 Å². The number of aromatic amines is 1. The van der Waals surface area contributed by atoms with Crippen molar-refractivity contribution in [2.45, 2.75) is 16.2 Å². The molecule has 2 atom stereocenters. The number of hydrogen-bond donors (Lipinski definition) is 1. The van der Waals surface area contributed by atoms with Crippen molar-refractivity contribution in [3.63, 3.8) is 0 Å². The number of halogens is 1. The second-order valence-corrected chi connectivity index (χ2v) is 11.0. The Hall–Kier alpha value is -3.87. The summed E-state index contributed by atoms with van der Waals surface area (Å²) in [5, 5.41) is 11.4. The van der Waals surface area contributed by atoms with Crippen molar-refractivity contribution in [2.24, 2.45) is 15.2 Å². The normalized spacial score (nSPS) is 17.3. The van der Waals surface area contributed by atoms with Gasteiger partial charge in [0.1, 0.15) is 6.04 Å². The lowest BCUT2D eigenvalue weighted by molar-refractivity contribution is 0.785. The van der Waals surface area contributed by atoms with Gasteiger partial charge in [-0.3, -0.25) is 0 Å². The van der Waals surface area contributed by atoms with Gasteiger partial charge in [0.2, 0.25) is 0 Å². The van der Waals surface area contributed by atoms with E-state index in [0.717, 1.165) is 38.4 Å². The van der Waals surface area contributed by atoms with Gasteiger partial charge in [0.25, 0.3) is 0 Å². The largest absolute Gasteiger partial charge is 0.378 e. The summed E-state index contributed by atoms with van der Waals surface area (Å²) in [6.07, 6.45) is 2.04. The molecule has 1 aliphatic rings. The Kier molecular flexibility index (Phi) is 6.75. The molecule has 0 radical (unpaired) electrons. The Labute approximate surface area is 231 Å². The molecule has 0 amide bonds. The Bertz CT molecular complexity index is 1650. The Morgan fingerprint density at radius 1 is 0.895 bits per heavy atom. The maximum Gasteiger partial charge on any atom is 0.130 e. The van der Waals surface area contributed by atoms with E-state index in [1.807, 2.05) is 42.6 Å². The highest BCUT2D eigenvalue weighted by Gasteiger charge is 2.34. The standard InChI is InChI=1S/C31H26ClN5S/c1-37(2)23-16-14-20(15-17-23)31-30(36-35-22-9-7-8-21(32)18-22)29(34-27-12-5-6-13-28(27)38-31)25-19-33-26-11-4-3-10-24(25)26/h3-19,30-31,33H,1-2H3. The molecule has 0 fully saturated rings. The summed E-state index contributed by atoms with van der Waals surface area (Å²) < 4.78 is 0. The first-order chi connectivity index (χ1) is 18.6. The van der Waals surface area contributed by atoms with Crippen LogP contribution in [-0.4, -0.2) is 30.8 Å². The molecular weight excluding hydrogens is 510 g/mol. The number of thioether (sulfide) groups is 1. The SMILES string of the molecule is CN(C)c1ccc(C2Sc3ccccc3N=C(c3c[nH]c4ccccc34)C2N=Nc2cccc(Cl)c2)cc1. The lowest BCUT2D eigenvalue weighted by Gasteiger charge is -2.23. The van der Waals surface area contributed by atoms with Crippen LogP contribution in [0.1, 0.15) is 16.4 Å². The number of aromatic nitrogens is 1. The van der Waals surface area contributed by atoms with Crippen LogP contribution in [0.4, 0.5) is 17.1 Å². The highest BCUT2D eigenvalue weighted by atomic mass is 35.5. The number of fused-ring (bicyclic) bond motifs is 2. The minimum atomic E-state index is -0.351. The average molecular weight is 536 g/mol. The van der Waals surface area contributed by atoms with E-state index in [9.17, 15) is 0 Å². The van der Waals surface area contributed by atoms with Gasteiger partial charge in [-0.15, -0.1) is 11.8 Å². The van der Waals surface area contributed by atoms with Crippen molar-refractivity contribution < 1.29 is 0 Å². The molecule has 1 N–H and O–H groups in total. The first-order valence-corrected chi connectivity index (χ1v) is 13.7. The molecule has 0 saturated heterocycles. The summed E-state index contributed by atoms with van der Waals surface area (Å²) in [6, 6.07) is 32.4. The van der Waals surface area contributed by atoms with Crippen molar-refractivity contribution in [2.75, 3.05) is 19.0 Å². The van der Waals surface area contributed by atoms with Crippen LogP contribution >= 0.6 is 23.4 Å². The molecular formula is C31H26ClN5S. The number of nitrogens with zero attached hydrogens (tertiary/aromatic N) is 4. The van der Waals surface area contributed by atoms with E-state index in [-0.39, 0.29) is 11.3 Å². The number of aliphatic imine (C=N–C) groups is 1. The fraction of sp³-hybridized carbons (Fsp3) is 0.129. The number of benzene rings is 4. The zero-order valence-electron chi connectivity index (χ0n) is 21.0. The molecule has 0 saturated carbocycles. The summed E-state index contributed by atoms with van der Waals surface area (Å²) in [6.45, 7) is 0. The molecule has 5 nitrogen and oxygen atoms in total. The number of para-hydroxylation sites is 2. The molecule has 2 heterocycles. The highest BCUT2D eigenvalue weighted by molar-refractivity contribution is 7.99. The minimum Gasteiger partial charge on any atom is -0.378 e. The van der Waals surface area contributed by atoms with Crippen LogP contribution in [0.3, 0.4) is 0 Å². The van der Waals surface area contributed by atoms with Gasteiger partial charge in [-0.1, -0.05) is 60.1 Å². The molecule has 188 valence electrons. The number of H-pyrrole nitrogens is 1. The van der Waals surface area contributed by atoms with E-state index >= 15 is 0 Å². The number of anilines is 1. The minimum absolute atomic E-state index is 0.0507. The third kappa shape index (κ3) is 4.85. The molecule has 1 aliphatic heterocycles. The van der Waals surface area contributed by atoms with Crippen molar-refractivity contribution >= 4 is 57.0 Å². The van der Waals surface area contributed by atoms with Gasteiger partial charge >= 0.3 is 0 Å². The van der Waals surface area contributed by atoms with Crippen molar-refractivity contribution in [1.82, 2.24) is 4.98 Å². The predicted molar refractivity (Wildman–Crippen MR) is 160 cm³/mol. The molecule has 0 spiro atoms. The van der Waals surface area contributed by atoms with E-state index in [1.54, 1.807) is 11.8 Å². The van der Waals surface area contributed by atoms with Gasteiger partial charge in [0.15, 0.2) is 0 Å². The van der Waals surface area contributed by atoms with Crippen molar-refractivity contribution in [1.29, 1.82) is 0 Å². The van der Waals surface area contributed by atoms with Crippen LogP contribution in [0.2, 0.25) is 5.02 Å². The molecule has 2 unspecified atom stereocenters. The maximum absolute atomic E-state index is 6.26. The van der Waals surface area contributed by atoms with Gasteiger partial charge in [0, 0.05) is 52.4 Å². The fourth-order valence-electron chi connectivity index (χ4n) is 4.69. The predicted octanol–water partition coefficient (Wildman–Crippen LogP) is 9.01. The molecule has 5 aromatic rings. The first kappa shape index (κ1) is 24.5.